The van der Waals surface area contributed by atoms with Crippen LogP contribution >= 0.6 is 0 Å². The van der Waals surface area contributed by atoms with E-state index in [9.17, 15) is 0 Å². The molecule has 0 aliphatic heterocycles. The number of hydrogen-bond donors (Lipinski definition) is 1. The van der Waals surface area contributed by atoms with Gasteiger partial charge in [-0.25, -0.2) is 4.98 Å². The molecule has 4 rings (SSSR count). The van der Waals surface area contributed by atoms with Crippen molar-refractivity contribution in [3.05, 3.63) is 77.4 Å². The quantitative estimate of drug-likeness (QED) is 0.428. The van der Waals surface area contributed by atoms with E-state index in [1.54, 1.807) is 7.11 Å². The number of ether oxygens (including phenoxy) is 1. The number of oxazole rings is 1. The van der Waals surface area contributed by atoms with Gasteiger partial charge in [-0.1, -0.05) is 18.2 Å². The third kappa shape index (κ3) is 4.10. The van der Waals surface area contributed by atoms with Gasteiger partial charge in [0.1, 0.15) is 5.52 Å². The minimum absolute atomic E-state index is 0.596. The molecule has 0 bridgehead atoms. The molecular formula is C24H25N3O2. The summed E-state index contributed by atoms with van der Waals surface area (Å²) in [7, 11) is 1.69. The lowest BCUT2D eigenvalue weighted by Crippen LogP contribution is -2.07. The molecule has 0 saturated carbocycles. The Kier molecular flexibility index (Phi) is 5.49. The van der Waals surface area contributed by atoms with Crippen LogP contribution in [0.4, 0.5) is 5.69 Å². The highest BCUT2D eigenvalue weighted by molar-refractivity contribution is 5.79. The molecule has 0 radical (unpaired) electrons. The van der Waals surface area contributed by atoms with Crippen molar-refractivity contribution >= 4 is 28.9 Å². The molecule has 2 aromatic carbocycles. The van der Waals surface area contributed by atoms with Crippen molar-refractivity contribution in [2.75, 3.05) is 25.6 Å². The lowest BCUT2D eigenvalue weighted by atomic mass is 10.2. The van der Waals surface area contributed by atoms with Crippen LogP contribution in [0.3, 0.4) is 0 Å². The summed E-state index contributed by atoms with van der Waals surface area (Å²) in [5.41, 5.74) is 7.31. The summed E-state index contributed by atoms with van der Waals surface area (Å²) in [6.45, 7) is 5.66. The molecule has 0 fully saturated rings. The van der Waals surface area contributed by atoms with Crippen LogP contribution in [0.2, 0.25) is 0 Å². The number of benzene rings is 2. The Labute approximate surface area is 170 Å². The van der Waals surface area contributed by atoms with Gasteiger partial charge in [-0.05, 0) is 61.9 Å². The maximum Gasteiger partial charge on any atom is 0.220 e. The van der Waals surface area contributed by atoms with Crippen LogP contribution in [0, 0.1) is 13.8 Å². The summed E-state index contributed by atoms with van der Waals surface area (Å²) >= 11 is 0. The molecule has 0 aliphatic carbocycles. The number of anilines is 1. The largest absolute Gasteiger partial charge is 0.437 e. The number of hydrogen-bond acceptors (Lipinski definition) is 4. The lowest BCUT2D eigenvalue weighted by Gasteiger charge is -2.09. The molecule has 0 amide bonds. The maximum atomic E-state index is 5.87. The Bertz CT molecular complexity index is 1140. The first-order valence-corrected chi connectivity index (χ1v) is 9.71. The Balaban J connectivity index is 1.57. The van der Waals surface area contributed by atoms with E-state index in [-0.39, 0.29) is 0 Å². The molecule has 0 aliphatic rings. The summed E-state index contributed by atoms with van der Waals surface area (Å²) in [6.07, 6.45) is 3.99. The molecule has 4 aromatic rings. The first-order chi connectivity index (χ1) is 14.2. The predicted octanol–water partition coefficient (Wildman–Crippen LogP) is 5.46. The van der Waals surface area contributed by atoms with Gasteiger partial charge in [0.2, 0.25) is 5.89 Å². The zero-order valence-electron chi connectivity index (χ0n) is 17.0. The molecule has 0 spiro atoms. The van der Waals surface area contributed by atoms with Crippen molar-refractivity contribution in [3.63, 3.8) is 0 Å². The van der Waals surface area contributed by atoms with Crippen LogP contribution in [0.25, 0.3) is 28.9 Å². The van der Waals surface area contributed by atoms with E-state index in [1.165, 1.54) is 11.4 Å². The minimum atomic E-state index is 0.596. The normalized spacial score (nSPS) is 11.6. The van der Waals surface area contributed by atoms with Crippen LogP contribution in [0.1, 0.15) is 22.8 Å². The molecule has 0 saturated heterocycles. The van der Waals surface area contributed by atoms with Crippen molar-refractivity contribution in [3.8, 4) is 5.69 Å². The predicted molar refractivity (Wildman–Crippen MR) is 119 cm³/mol. The monoisotopic (exact) mass is 387 g/mol. The van der Waals surface area contributed by atoms with Crippen LogP contribution < -0.4 is 5.32 Å². The average molecular weight is 387 g/mol. The van der Waals surface area contributed by atoms with Crippen LogP contribution in [0.5, 0.6) is 0 Å². The standard InChI is InChI=1S/C24H25N3O2/c1-17-15-19(18(2)27(17)21-7-5-4-6-8-21)9-12-24-26-22-16-20(25-13-14-28-3)10-11-23(22)29-24/h4-12,15-16,25H,13-14H2,1-3H3. The highest BCUT2D eigenvalue weighted by Gasteiger charge is 2.09. The second-order valence-corrected chi connectivity index (χ2v) is 6.98. The van der Waals surface area contributed by atoms with Crippen LogP contribution in [-0.2, 0) is 4.74 Å². The molecule has 0 unspecified atom stereocenters. The number of aryl methyl sites for hydroxylation is 1. The fourth-order valence-corrected chi connectivity index (χ4v) is 3.52. The zero-order valence-corrected chi connectivity index (χ0v) is 17.0. The number of aromatic nitrogens is 2. The molecule has 1 N–H and O–H groups in total. The van der Waals surface area contributed by atoms with Gasteiger partial charge in [0.05, 0.1) is 6.61 Å². The Hall–Kier alpha value is -3.31. The molecule has 2 aromatic heterocycles. The van der Waals surface area contributed by atoms with E-state index < -0.39 is 0 Å². The highest BCUT2D eigenvalue weighted by Crippen LogP contribution is 2.24. The lowest BCUT2D eigenvalue weighted by molar-refractivity contribution is 0.211. The molecule has 148 valence electrons. The van der Waals surface area contributed by atoms with Crippen molar-refractivity contribution in [1.29, 1.82) is 0 Å². The maximum absolute atomic E-state index is 5.87. The summed E-state index contributed by atoms with van der Waals surface area (Å²) in [5.74, 6) is 0.596. The number of rotatable bonds is 7. The summed E-state index contributed by atoms with van der Waals surface area (Å²) in [5, 5.41) is 3.31. The first-order valence-electron chi connectivity index (χ1n) is 9.71. The average Bonchev–Trinajstić information content (AvgIpc) is 3.26. The SMILES string of the molecule is COCCNc1ccc2oc(C=Cc3cc(C)n(-c4ccccc4)c3C)nc2c1. The fraction of sp³-hybridized carbons (Fsp3) is 0.208. The fourth-order valence-electron chi connectivity index (χ4n) is 3.52. The van der Waals surface area contributed by atoms with Crippen molar-refractivity contribution in [2.45, 2.75) is 13.8 Å². The number of nitrogens with zero attached hydrogens (tertiary/aromatic N) is 2. The van der Waals surface area contributed by atoms with E-state index in [0.717, 1.165) is 34.6 Å². The number of nitrogens with one attached hydrogen (secondary N) is 1. The van der Waals surface area contributed by atoms with E-state index >= 15 is 0 Å². The topological polar surface area (TPSA) is 52.2 Å². The molecule has 5 heteroatoms. The Morgan fingerprint density at radius 3 is 2.69 bits per heavy atom. The van der Waals surface area contributed by atoms with E-state index in [4.69, 9.17) is 9.15 Å². The smallest absolute Gasteiger partial charge is 0.220 e. The Morgan fingerprint density at radius 1 is 1.07 bits per heavy atom. The van der Waals surface area contributed by atoms with Crippen molar-refractivity contribution in [1.82, 2.24) is 9.55 Å². The van der Waals surface area contributed by atoms with Gasteiger partial charge in [0.15, 0.2) is 5.58 Å². The van der Waals surface area contributed by atoms with Crippen molar-refractivity contribution in [2.24, 2.45) is 0 Å². The third-order valence-corrected chi connectivity index (χ3v) is 4.93. The summed E-state index contributed by atoms with van der Waals surface area (Å²) in [6, 6.07) is 18.5. The van der Waals surface area contributed by atoms with Gasteiger partial charge in [0, 0.05) is 42.5 Å². The third-order valence-electron chi connectivity index (χ3n) is 4.93. The second kappa shape index (κ2) is 8.37. The minimum Gasteiger partial charge on any atom is -0.437 e. The molecule has 29 heavy (non-hydrogen) atoms. The van der Waals surface area contributed by atoms with Crippen LogP contribution in [-0.4, -0.2) is 29.8 Å². The second-order valence-electron chi connectivity index (χ2n) is 6.98. The zero-order chi connectivity index (χ0) is 20.2. The molecule has 0 atom stereocenters. The molecule has 2 heterocycles. The molecular weight excluding hydrogens is 362 g/mol. The summed E-state index contributed by atoms with van der Waals surface area (Å²) < 4.78 is 13.2. The number of para-hydroxylation sites is 1. The molecule has 5 nitrogen and oxygen atoms in total. The number of methoxy groups -OCH3 is 1. The van der Waals surface area contributed by atoms with E-state index in [2.05, 4.69) is 65.1 Å². The van der Waals surface area contributed by atoms with Gasteiger partial charge < -0.3 is 19.0 Å². The highest BCUT2D eigenvalue weighted by atomic mass is 16.5. The van der Waals surface area contributed by atoms with Gasteiger partial charge >= 0.3 is 0 Å². The van der Waals surface area contributed by atoms with Gasteiger partial charge in [0.25, 0.3) is 0 Å². The first kappa shape index (κ1) is 19.0. The van der Waals surface area contributed by atoms with E-state index in [0.29, 0.717) is 12.5 Å². The van der Waals surface area contributed by atoms with Crippen LogP contribution in [0.15, 0.2) is 59.0 Å². The summed E-state index contributed by atoms with van der Waals surface area (Å²) in [4.78, 5) is 4.60. The van der Waals surface area contributed by atoms with Gasteiger partial charge in [-0.2, -0.15) is 0 Å². The number of fused-ring (bicyclic) bond motifs is 1. The van der Waals surface area contributed by atoms with Gasteiger partial charge in [-0.3, -0.25) is 0 Å². The van der Waals surface area contributed by atoms with Crippen molar-refractivity contribution < 1.29 is 9.15 Å². The Morgan fingerprint density at radius 2 is 1.90 bits per heavy atom. The van der Waals surface area contributed by atoms with E-state index in [1.807, 2.05) is 30.3 Å². The van der Waals surface area contributed by atoms with Gasteiger partial charge in [-0.15, -0.1) is 0 Å².